The van der Waals surface area contributed by atoms with Gasteiger partial charge in [-0.2, -0.15) is 15.8 Å². The van der Waals surface area contributed by atoms with Crippen LogP contribution < -0.4 is 0 Å². The Morgan fingerprint density at radius 2 is 1.02 bits per heavy atom. The van der Waals surface area contributed by atoms with Gasteiger partial charge < -0.3 is 9.13 Å². The highest BCUT2D eigenvalue weighted by Gasteiger charge is 2.24. The molecule has 0 aliphatic heterocycles. The summed E-state index contributed by atoms with van der Waals surface area (Å²) in [5.41, 5.74) is 7.80. The second kappa shape index (κ2) is 10.9. The maximum atomic E-state index is 10.9. The van der Waals surface area contributed by atoms with Gasteiger partial charge in [0.05, 0.1) is 56.2 Å². The summed E-state index contributed by atoms with van der Waals surface area (Å²) in [6.45, 7) is 0. The van der Waals surface area contributed by atoms with E-state index in [9.17, 15) is 15.8 Å². The fourth-order valence-corrected chi connectivity index (χ4v) is 9.06. The van der Waals surface area contributed by atoms with Crippen LogP contribution >= 0.6 is 11.3 Å². The van der Waals surface area contributed by atoms with Crippen LogP contribution in [-0.2, 0) is 0 Å². The minimum Gasteiger partial charge on any atom is -0.307 e. The van der Waals surface area contributed by atoms with Crippen LogP contribution in [-0.4, -0.2) is 9.13 Å². The summed E-state index contributed by atoms with van der Waals surface area (Å²) in [6, 6.07) is 54.0. The average Bonchev–Trinajstić information content (AvgIpc) is 3.84. The van der Waals surface area contributed by atoms with E-state index in [1.165, 1.54) is 4.70 Å². The first-order chi connectivity index (χ1) is 25.2. The van der Waals surface area contributed by atoms with E-state index in [2.05, 4.69) is 100 Å². The highest BCUT2D eigenvalue weighted by atomic mass is 32.1. The number of fused-ring (bicyclic) bond motifs is 10. The third-order valence-corrected chi connectivity index (χ3v) is 11.2. The van der Waals surface area contributed by atoms with Gasteiger partial charge in [-0.3, -0.25) is 0 Å². The first-order valence-corrected chi connectivity index (χ1v) is 17.4. The quantitative estimate of drug-likeness (QED) is 0.188. The molecule has 0 N–H and O–H groups in total. The number of hydrogen-bond donors (Lipinski definition) is 0. The number of para-hydroxylation sites is 4. The van der Waals surface area contributed by atoms with E-state index in [4.69, 9.17) is 0 Å². The maximum absolute atomic E-state index is 10.9. The van der Waals surface area contributed by atoms with Gasteiger partial charge in [-0.05, 0) is 48.5 Å². The van der Waals surface area contributed by atoms with Crippen molar-refractivity contribution in [1.82, 2.24) is 9.13 Å². The van der Waals surface area contributed by atoms with Gasteiger partial charge in [0.2, 0.25) is 0 Å². The zero-order valence-electron chi connectivity index (χ0n) is 26.9. The van der Waals surface area contributed by atoms with Crippen molar-refractivity contribution in [3.05, 3.63) is 156 Å². The monoisotopic (exact) mass is 665 g/mol. The molecular weight excluding hydrogens is 643 g/mol. The summed E-state index contributed by atoms with van der Waals surface area (Å²) in [5.74, 6) is 0. The third-order valence-electron chi connectivity index (χ3n) is 10.0. The molecule has 3 aromatic heterocycles. The highest BCUT2D eigenvalue weighted by Crippen LogP contribution is 2.45. The van der Waals surface area contributed by atoms with E-state index in [1.807, 2.05) is 66.7 Å². The molecule has 0 aliphatic carbocycles. The topological polar surface area (TPSA) is 81.2 Å². The van der Waals surface area contributed by atoms with Gasteiger partial charge in [-0.25, -0.2) is 0 Å². The van der Waals surface area contributed by atoms with Crippen molar-refractivity contribution in [2.45, 2.75) is 0 Å². The number of benzene rings is 7. The lowest BCUT2D eigenvalue weighted by Gasteiger charge is -2.18. The molecule has 0 spiro atoms. The molecule has 0 aliphatic rings. The number of thiophene rings is 1. The molecule has 0 radical (unpaired) electrons. The van der Waals surface area contributed by atoms with Gasteiger partial charge in [-0.1, -0.05) is 91.0 Å². The molecule has 0 bridgehead atoms. The molecule has 0 amide bonds. The first-order valence-electron chi connectivity index (χ1n) is 16.5. The largest absolute Gasteiger partial charge is 0.307 e. The molecule has 10 aromatic rings. The van der Waals surface area contributed by atoms with Crippen LogP contribution in [0.4, 0.5) is 0 Å². The van der Waals surface area contributed by atoms with Crippen molar-refractivity contribution in [2.75, 3.05) is 0 Å². The smallest absolute Gasteiger partial charge is 0.101 e. The molecule has 7 aromatic carbocycles. The fraction of sp³-hybridized carbons (Fsp3) is 0. The Hall–Kier alpha value is -7.17. The number of aromatic nitrogens is 2. The van der Waals surface area contributed by atoms with Gasteiger partial charge in [0, 0.05) is 52.8 Å². The molecule has 51 heavy (non-hydrogen) atoms. The Balaban J connectivity index is 1.31. The Kier molecular flexibility index (Phi) is 6.17. The number of nitrogens with zero attached hydrogens (tertiary/aromatic N) is 5. The Labute approximate surface area is 295 Å². The minimum atomic E-state index is 0.411. The van der Waals surface area contributed by atoms with Crippen molar-refractivity contribution in [2.24, 2.45) is 0 Å². The van der Waals surface area contributed by atoms with Crippen LogP contribution in [0, 0.1) is 34.0 Å². The van der Waals surface area contributed by atoms with Crippen LogP contribution in [0.1, 0.15) is 16.7 Å². The van der Waals surface area contributed by atoms with Crippen molar-refractivity contribution in [1.29, 1.82) is 15.8 Å². The van der Waals surface area contributed by atoms with Crippen LogP contribution in [0.25, 0.3) is 86.3 Å². The number of rotatable bonds is 3. The molecule has 0 saturated carbocycles. The molecule has 0 unspecified atom stereocenters. The number of hydrogen-bond acceptors (Lipinski definition) is 4. The molecule has 10 rings (SSSR count). The van der Waals surface area contributed by atoms with Crippen molar-refractivity contribution in [3.8, 4) is 40.7 Å². The summed E-state index contributed by atoms with van der Waals surface area (Å²) in [6.07, 6.45) is 0. The summed E-state index contributed by atoms with van der Waals surface area (Å²) < 4.78 is 6.63. The molecule has 6 heteroatoms. The van der Waals surface area contributed by atoms with E-state index >= 15 is 0 Å². The Morgan fingerprint density at radius 1 is 0.431 bits per heavy atom. The zero-order chi connectivity index (χ0) is 34.2. The predicted molar refractivity (Wildman–Crippen MR) is 208 cm³/mol. The van der Waals surface area contributed by atoms with Gasteiger partial charge in [-0.15, -0.1) is 11.3 Å². The van der Waals surface area contributed by atoms with Crippen LogP contribution in [0.3, 0.4) is 0 Å². The third kappa shape index (κ3) is 3.99. The summed E-state index contributed by atoms with van der Waals surface area (Å²) >= 11 is 1.75. The van der Waals surface area contributed by atoms with Crippen LogP contribution in [0.5, 0.6) is 0 Å². The van der Waals surface area contributed by atoms with Crippen molar-refractivity contribution >= 4 is 75.1 Å². The van der Waals surface area contributed by atoms with E-state index in [0.717, 1.165) is 59.1 Å². The molecule has 5 nitrogen and oxygen atoms in total. The van der Waals surface area contributed by atoms with Gasteiger partial charge in [0.25, 0.3) is 0 Å². The lowest BCUT2D eigenvalue weighted by atomic mass is 9.93. The fourth-order valence-electron chi connectivity index (χ4n) is 7.95. The Morgan fingerprint density at radius 3 is 1.69 bits per heavy atom. The molecular formula is C45H23N5S. The summed E-state index contributed by atoms with van der Waals surface area (Å²) in [4.78, 5) is 0. The SMILES string of the molecule is N#Cc1cc(-n2c3ccccc3c3ccc4sc5ccccc5c4c32)c(C#N)cc1-c1cccc(C#N)c1-n1c2ccccc2c2ccccc21. The lowest BCUT2D eigenvalue weighted by molar-refractivity contribution is 1.16. The minimum absolute atomic E-state index is 0.411. The molecule has 0 fully saturated rings. The number of nitriles is 3. The molecule has 3 heterocycles. The van der Waals surface area contributed by atoms with Gasteiger partial charge in [0.1, 0.15) is 12.1 Å². The summed E-state index contributed by atoms with van der Waals surface area (Å²) in [7, 11) is 0. The second-order valence-electron chi connectivity index (χ2n) is 12.6. The molecule has 0 saturated heterocycles. The van der Waals surface area contributed by atoms with E-state index in [1.54, 1.807) is 11.3 Å². The first kappa shape index (κ1) is 28.8. The lowest BCUT2D eigenvalue weighted by Crippen LogP contribution is -2.04. The average molecular weight is 666 g/mol. The second-order valence-corrected chi connectivity index (χ2v) is 13.7. The van der Waals surface area contributed by atoms with E-state index in [-0.39, 0.29) is 0 Å². The van der Waals surface area contributed by atoms with Crippen LogP contribution in [0.15, 0.2) is 140 Å². The zero-order valence-corrected chi connectivity index (χ0v) is 27.7. The van der Waals surface area contributed by atoms with Gasteiger partial charge in [0.15, 0.2) is 0 Å². The van der Waals surface area contributed by atoms with Gasteiger partial charge >= 0.3 is 0 Å². The van der Waals surface area contributed by atoms with Crippen molar-refractivity contribution in [3.63, 3.8) is 0 Å². The van der Waals surface area contributed by atoms with E-state index in [0.29, 0.717) is 39.2 Å². The van der Waals surface area contributed by atoms with E-state index < -0.39 is 0 Å². The Bertz CT molecular complexity index is 3190. The standard InChI is InChI=1S/C45H23N5S/c46-24-27-10-9-15-33(44(27)49-37-16-5-1-11-30(37)31-12-2-6-17-38(31)49)36-22-29(26-48)40(23-28(36)25-47)50-39-18-7-3-13-32(39)34-20-21-42-43(45(34)50)35-14-4-8-19-41(35)51-42/h1-23H. The summed E-state index contributed by atoms with van der Waals surface area (Å²) in [5, 5.41) is 38.8. The normalized spacial score (nSPS) is 11.5. The maximum Gasteiger partial charge on any atom is 0.101 e. The molecule has 0 atom stereocenters. The van der Waals surface area contributed by atoms with Crippen molar-refractivity contribution < 1.29 is 0 Å². The molecule has 234 valence electrons. The predicted octanol–water partition coefficient (Wildman–Crippen LogP) is 11.5. The van der Waals surface area contributed by atoms with Crippen LogP contribution in [0.2, 0.25) is 0 Å². The highest BCUT2D eigenvalue weighted by molar-refractivity contribution is 7.26.